The number of ketones is 1. The first kappa shape index (κ1) is 70.2. The minimum Gasteiger partial charge on any atom is -1.00 e. The van der Waals surface area contributed by atoms with Gasteiger partial charge >= 0.3 is 66.3 Å². The molecule has 3 radical (unpaired) electrons. The normalized spacial score (nSPS) is 15.5. The SMILES string of the molecule is C.CC(C)(C)OC(=O)N(C(=O)OC(C)(C)C)c1ncnc2c1c(Oc1cc(C(F)(F)F)ccn1)nn2CC1CC(=O)C1.CC(C)(C)OC(=O)N(C(=O)OC(C)(C)C)c1ncnc2c1c(Oc1cc(C(F)(F)F)ccn1)nn2CC1CC(O)C1.[B].[H-].[Na+]. The number of aromatic nitrogens is 10. The van der Waals surface area contributed by atoms with Gasteiger partial charge in [-0.1, -0.05) is 7.43 Å². The van der Waals surface area contributed by atoms with Crippen LogP contribution in [-0.4, -0.2) is 122 Å². The third kappa shape index (κ3) is 18.4. The summed E-state index contributed by atoms with van der Waals surface area (Å²) in [6.07, 6.45) is -8.63. The minimum atomic E-state index is -4.67. The van der Waals surface area contributed by atoms with Crippen molar-refractivity contribution in [3.05, 3.63) is 60.4 Å². The van der Waals surface area contributed by atoms with E-state index in [-0.39, 0.29) is 123 Å². The number of nitrogens with zero attached hydrogens (tertiary/aromatic N) is 12. The van der Waals surface area contributed by atoms with Crippen molar-refractivity contribution in [2.45, 2.75) is 170 Å². The number of rotatable bonds is 10. The van der Waals surface area contributed by atoms with Crippen LogP contribution in [-0.2, 0) is 49.2 Å². The molecule has 0 aromatic carbocycles. The first-order valence-corrected chi connectivity index (χ1v) is 25.4. The smallest absolute Gasteiger partial charge is 1.00 e. The number of pyridine rings is 2. The third-order valence-electron chi connectivity index (χ3n) is 11.3. The van der Waals surface area contributed by atoms with Crippen molar-refractivity contribution in [3.63, 3.8) is 0 Å². The van der Waals surface area contributed by atoms with E-state index in [2.05, 4.69) is 40.1 Å². The molecule has 6 aromatic rings. The van der Waals surface area contributed by atoms with Crippen molar-refractivity contribution in [1.82, 2.24) is 49.5 Å². The summed E-state index contributed by atoms with van der Waals surface area (Å²) >= 11 is 0. The minimum absolute atomic E-state index is 0. The summed E-state index contributed by atoms with van der Waals surface area (Å²) in [7, 11) is 0. The van der Waals surface area contributed by atoms with Gasteiger partial charge in [0.2, 0.25) is 11.8 Å². The molecule has 4 amide bonds. The number of halogens is 6. The van der Waals surface area contributed by atoms with Crippen LogP contribution in [0.15, 0.2) is 49.3 Å². The average molecular weight is 1210 g/mol. The number of carbonyl (C=O) groups excluding carboxylic acids is 5. The Labute approximate surface area is 510 Å². The van der Waals surface area contributed by atoms with Crippen LogP contribution in [0.4, 0.5) is 57.2 Å². The molecule has 2 fully saturated rings. The van der Waals surface area contributed by atoms with Crippen molar-refractivity contribution in [1.29, 1.82) is 0 Å². The first-order chi connectivity index (χ1) is 37.8. The van der Waals surface area contributed by atoms with Gasteiger partial charge in [0.25, 0.3) is 11.8 Å². The zero-order valence-corrected chi connectivity index (χ0v) is 50.2. The molecule has 2 aliphatic carbocycles. The number of aliphatic hydroxyl groups is 1. The molecule has 0 saturated heterocycles. The van der Waals surface area contributed by atoms with Crippen molar-refractivity contribution in [2.24, 2.45) is 11.8 Å². The second kappa shape index (κ2) is 26.6. The Morgan fingerprint density at radius 1 is 0.576 bits per heavy atom. The fourth-order valence-corrected chi connectivity index (χ4v) is 7.92. The molecule has 0 spiro atoms. The van der Waals surface area contributed by atoms with Gasteiger partial charge in [-0.3, -0.25) is 4.79 Å². The molecule has 6 aromatic heterocycles. The number of Topliss-reactive ketones (excluding diaryl/α,β-unsaturated/α-hetero) is 1. The molecule has 2 saturated carbocycles. The van der Waals surface area contributed by atoms with Gasteiger partial charge < -0.3 is 35.0 Å². The summed E-state index contributed by atoms with van der Waals surface area (Å²) in [5.41, 5.74) is -5.88. The van der Waals surface area contributed by atoms with Gasteiger partial charge in [0.15, 0.2) is 22.9 Å². The first-order valence-electron chi connectivity index (χ1n) is 25.4. The molecule has 455 valence electrons. The van der Waals surface area contributed by atoms with E-state index < -0.39 is 88.1 Å². The Hall–Kier alpha value is -7.25. The van der Waals surface area contributed by atoms with Crippen molar-refractivity contribution >= 4 is 72.3 Å². The van der Waals surface area contributed by atoms with E-state index in [1.165, 1.54) is 9.36 Å². The molecule has 8 rings (SSSR count). The Bertz CT molecular complexity index is 3330. The number of ether oxygens (including phenoxy) is 6. The van der Waals surface area contributed by atoms with Gasteiger partial charge in [0.05, 0.1) is 17.2 Å². The van der Waals surface area contributed by atoms with Crippen LogP contribution < -0.4 is 48.8 Å². The molecule has 2 aliphatic rings. The van der Waals surface area contributed by atoms with E-state index in [4.69, 9.17) is 28.4 Å². The predicted molar refractivity (Wildman–Crippen MR) is 289 cm³/mol. The number of anilines is 2. The number of aliphatic hydroxyl groups excluding tert-OH is 1. The van der Waals surface area contributed by atoms with Gasteiger partial charge in [-0.15, -0.1) is 10.2 Å². The largest absolute Gasteiger partial charge is 1.00 e. The number of alkyl halides is 6. The summed E-state index contributed by atoms with van der Waals surface area (Å²) < 4.78 is 116. The topological polar surface area (TPSA) is 280 Å². The maximum Gasteiger partial charge on any atom is 1.00 e. The summed E-state index contributed by atoms with van der Waals surface area (Å²) in [5.74, 6) is -2.16. The van der Waals surface area contributed by atoms with Gasteiger partial charge in [-0.25, -0.2) is 58.4 Å². The van der Waals surface area contributed by atoms with E-state index in [1.54, 1.807) is 83.1 Å². The average Bonchev–Trinajstić information content (AvgIpc) is 3.82. The Kier molecular flexibility index (Phi) is 22.0. The van der Waals surface area contributed by atoms with Crippen LogP contribution in [0, 0.1) is 11.8 Å². The number of hydrogen-bond donors (Lipinski definition) is 1. The second-order valence-electron chi connectivity index (χ2n) is 23.1. The van der Waals surface area contributed by atoms with Crippen molar-refractivity contribution in [2.75, 3.05) is 9.80 Å². The fraction of sp³-hybridized carbons (Fsp3) is 0.528. The van der Waals surface area contributed by atoms with E-state index in [1.807, 2.05) is 0 Å². The van der Waals surface area contributed by atoms with E-state index in [0.717, 1.165) is 37.2 Å². The standard InChI is InChI=1S/C26H31F3N6O6.C26H29F3N6O6.CH4.B.Na.H/c2*1-24(2,3)40-22(37)35(23(38)41-25(4,5)6)20-18-19(31-13-32-20)34(12-14-9-16(36)10-14)33-21(18)39-17-11-15(7-8-30-17)26(27,28)29;;;;/h7-8,11,13-14,16,36H,9-10,12H2,1-6H3;7-8,11,13-14H,9-10,12H2,1-6H3;1H4;;;/q;;;;+1;-1. The molecule has 0 atom stereocenters. The number of amides is 4. The molecule has 0 bridgehead atoms. The van der Waals surface area contributed by atoms with Crippen LogP contribution in [0.5, 0.6) is 23.5 Å². The van der Waals surface area contributed by atoms with Gasteiger partial charge in [0.1, 0.15) is 51.6 Å². The van der Waals surface area contributed by atoms with Gasteiger partial charge in [0, 0.05) is 58.9 Å². The fourth-order valence-electron chi connectivity index (χ4n) is 7.92. The van der Waals surface area contributed by atoms with E-state index in [0.29, 0.717) is 47.6 Å². The van der Waals surface area contributed by atoms with Crippen LogP contribution in [0.1, 0.15) is 129 Å². The maximum absolute atomic E-state index is 13.3. The monoisotopic (exact) mass is 1210 g/mol. The van der Waals surface area contributed by atoms with Crippen LogP contribution >= 0.6 is 0 Å². The molecule has 32 heteroatoms. The Morgan fingerprint density at radius 2 is 0.906 bits per heavy atom. The molecule has 0 unspecified atom stereocenters. The summed E-state index contributed by atoms with van der Waals surface area (Å²) in [5, 5.41) is 18.3. The molecular weight excluding hydrogens is 1140 g/mol. The molecule has 0 aliphatic heterocycles. The van der Waals surface area contributed by atoms with Crippen molar-refractivity contribution < 1.29 is 115 Å². The van der Waals surface area contributed by atoms with Crippen molar-refractivity contribution in [3.8, 4) is 23.5 Å². The second-order valence-corrected chi connectivity index (χ2v) is 23.1. The number of hydrogen-bond acceptors (Lipinski definition) is 20. The molecule has 24 nitrogen and oxygen atoms in total. The maximum atomic E-state index is 13.3. The number of fused-ring (bicyclic) bond motifs is 2. The quantitative estimate of drug-likeness (QED) is 0.0763. The summed E-state index contributed by atoms with van der Waals surface area (Å²) in [6.45, 7) is 19.7. The van der Waals surface area contributed by atoms with Crippen LogP contribution in [0.2, 0.25) is 0 Å². The molecule has 1 N–H and O–H groups in total. The van der Waals surface area contributed by atoms with Gasteiger partial charge in [-0.05, 0) is 120 Å². The number of imide groups is 2. The Balaban J connectivity index is 0.000000430. The number of carbonyl (C=O) groups is 5. The molecular formula is C53H65BF6N12NaO12. The third-order valence-corrected chi connectivity index (χ3v) is 11.3. The zero-order chi connectivity index (χ0) is 60.7. The Morgan fingerprint density at radius 3 is 1.20 bits per heavy atom. The van der Waals surface area contributed by atoms with E-state index >= 15 is 0 Å². The van der Waals surface area contributed by atoms with E-state index in [9.17, 15) is 55.4 Å². The zero-order valence-electron chi connectivity index (χ0n) is 49.2. The molecule has 85 heavy (non-hydrogen) atoms. The summed E-state index contributed by atoms with van der Waals surface area (Å²) in [4.78, 5) is 90.5. The summed E-state index contributed by atoms with van der Waals surface area (Å²) in [6, 6.07) is 2.93. The predicted octanol–water partition coefficient (Wildman–Crippen LogP) is 8.54. The van der Waals surface area contributed by atoms with Gasteiger partial charge in [-0.2, -0.15) is 36.1 Å². The van der Waals surface area contributed by atoms with Crippen LogP contribution in [0.3, 0.4) is 0 Å². The van der Waals surface area contributed by atoms with Crippen LogP contribution in [0.25, 0.3) is 22.1 Å². The molecule has 6 heterocycles.